The van der Waals surface area contributed by atoms with Gasteiger partial charge in [0.25, 0.3) is 0 Å². The third kappa shape index (κ3) is 4.92. The standard InChI is InChI=1S/C16H23NOS/c1-2-11-17-15(16-10-6-7-12-18-16)13-19-14-8-4-3-5-9-14/h3-5,8-10,15,17H,2,6-7,11-13H2,1H3. The second kappa shape index (κ2) is 8.28. The van der Waals surface area contributed by atoms with Gasteiger partial charge in [-0.05, 0) is 44.0 Å². The Bertz CT molecular complexity index is 391. The Morgan fingerprint density at radius 1 is 1.32 bits per heavy atom. The van der Waals surface area contributed by atoms with Gasteiger partial charge in [-0.1, -0.05) is 25.1 Å². The zero-order valence-corrected chi connectivity index (χ0v) is 12.4. The van der Waals surface area contributed by atoms with Gasteiger partial charge in [-0.25, -0.2) is 0 Å². The molecule has 19 heavy (non-hydrogen) atoms. The summed E-state index contributed by atoms with van der Waals surface area (Å²) in [6, 6.07) is 10.9. The third-order valence-corrected chi connectivity index (χ3v) is 4.21. The van der Waals surface area contributed by atoms with E-state index in [1.807, 2.05) is 11.8 Å². The van der Waals surface area contributed by atoms with Gasteiger partial charge in [-0.2, -0.15) is 0 Å². The molecular weight excluding hydrogens is 254 g/mol. The fraction of sp³-hybridized carbons (Fsp3) is 0.500. The highest BCUT2D eigenvalue weighted by Crippen LogP contribution is 2.22. The molecule has 2 nitrogen and oxygen atoms in total. The number of benzene rings is 1. The van der Waals surface area contributed by atoms with E-state index in [0.29, 0.717) is 6.04 Å². The summed E-state index contributed by atoms with van der Waals surface area (Å²) in [5.74, 6) is 2.17. The summed E-state index contributed by atoms with van der Waals surface area (Å²) >= 11 is 1.89. The molecule has 104 valence electrons. The van der Waals surface area contributed by atoms with Crippen LogP contribution in [0.5, 0.6) is 0 Å². The van der Waals surface area contributed by atoms with E-state index in [0.717, 1.165) is 43.9 Å². The van der Waals surface area contributed by atoms with Crippen molar-refractivity contribution < 1.29 is 4.74 Å². The summed E-state index contributed by atoms with van der Waals surface area (Å²) < 4.78 is 5.81. The Labute approximate surface area is 120 Å². The maximum atomic E-state index is 5.81. The lowest BCUT2D eigenvalue weighted by molar-refractivity contribution is 0.172. The Hall–Kier alpha value is -0.930. The zero-order chi connectivity index (χ0) is 13.3. The smallest absolute Gasteiger partial charge is 0.110 e. The lowest BCUT2D eigenvalue weighted by Gasteiger charge is -2.24. The molecule has 1 aliphatic heterocycles. The van der Waals surface area contributed by atoms with Gasteiger partial charge in [0.2, 0.25) is 0 Å². The average Bonchev–Trinajstić information content (AvgIpc) is 2.49. The number of rotatable bonds is 7. The Morgan fingerprint density at radius 2 is 2.16 bits per heavy atom. The molecule has 2 rings (SSSR count). The van der Waals surface area contributed by atoms with Crippen molar-refractivity contribution in [3.05, 3.63) is 42.2 Å². The first-order valence-corrected chi connectivity index (χ1v) is 8.13. The van der Waals surface area contributed by atoms with Crippen molar-refractivity contribution in [2.45, 2.75) is 37.1 Å². The monoisotopic (exact) mass is 277 g/mol. The van der Waals surface area contributed by atoms with Crippen molar-refractivity contribution in [2.75, 3.05) is 18.9 Å². The van der Waals surface area contributed by atoms with E-state index in [1.54, 1.807) is 0 Å². The van der Waals surface area contributed by atoms with E-state index >= 15 is 0 Å². The molecule has 1 aromatic rings. The minimum Gasteiger partial charge on any atom is -0.497 e. The van der Waals surface area contributed by atoms with Crippen LogP contribution in [-0.4, -0.2) is 24.9 Å². The molecule has 0 radical (unpaired) electrons. The van der Waals surface area contributed by atoms with Crippen LogP contribution in [0.25, 0.3) is 0 Å². The first kappa shape index (κ1) is 14.5. The van der Waals surface area contributed by atoms with Gasteiger partial charge in [0.1, 0.15) is 5.76 Å². The topological polar surface area (TPSA) is 21.3 Å². The highest BCUT2D eigenvalue weighted by molar-refractivity contribution is 7.99. The van der Waals surface area contributed by atoms with Crippen LogP contribution in [0.1, 0.15) is 26.2 Å². The minimum absolute atomic E-state index is 0.338. The van der Waals surface area contributed by atoms with E-state index in [2.05, 4.69) is 48.6 Å². The molecule has 1 aromatic carbocycles. The first-order valence-electron chi connectivity index (χ1n) is 7.14. The molecule has 3 heteroatoms. The predicted octanol–water partition coefficient (Wildman–Crippen LogP) is 3.84. The van der Waals surface area contributed by atoms with E-state index in [-0.39, 0.29) is 0 Å². The highest BCUT2D eigenvalue weighted by atomic mass is 32.2. The zero-order valence-electron chi connectivity index (χ0n) is 11.6. The Morgan fingerprint density at radius 3 is 2.84 bits per heavy atom. The molecule has 0 bridgehead atoms. The molecule has 0 spiro atoms. The number of allylic oxidation sites excluding steroid dienone is 1. The van der Waals surface area contributed by atoms with Crippen molar-refractivity contribution in [1.82, 2.24) is 5.32 Å². The molecule has 1 N–H and O–H groups in total. The Balaban J connectivity index is 1.91. The van der Waals surface area contributed by atoms with Crippen LogP contribution in [0.2, 0.25) is 0 Å². The third-order valence-electron chi connectivity index (χ3n) is 3.11. The summed E-state index contributed by atoms with van der Waals surface area (Å²) in [5, 5.41) is 3.60. The number of hydrogen-bond acceptors (Lipinski definition) is 3. The van der Waals surface area contributed by atoms with Gasteiger partial charge < -0.3 is 10.1 Å². The minimum atomic E-state index is 0.338. The van der Waals surface area contributed by atoms with E-state index in [4.69, 9.17) is 4.74 Å². The summed E-state index contributed by atoms with van der Waals surface area (Å²) in [7, 11) is 0. The van der Waals surface area contributed by atoms with E-state index in [1.165, 1.54) is 4.90 Å². The molecule has 0 saturated carbocycles. The molecular formula is C16H23NOS. The largest absolute Gasteiger partial charge is 0.497 e. The molecule has 0 amide bonds. The van der Waals surface area contributed by atoms with Crippen LogP contribution in [0, 0.1) is 0 Å². The second-order valence-electron chi connectivity index (χ2n) is 4.73. The van der Waals surface area contributed by atoms with Gasteiger partial charge in [-0.3, -0.25) is 0 Å². The number of ether oxygens (including phenoxy) is 1. The van der Waals surface area contributed by atoms with Gasteiger partial charge in [0.05, 0.1) is 12.6 Å². The number of thioether (sulfide) groups is 1. The Kier molecular flexibility index (Phi) is 6.31. The summed E-state index contributed by atoms with van der Waals surface area (Å²) in [4.78, 5) is 1.32. The van der Waals surface area contributed by atoms with Crippen LogP contribution >= 0.6 is 11.8 Å². The van der Waals surface area contributed by atoms with Crippen LogP contribution < -0.4 is 5.32 Å². The summed E-state index contributed by atoms with van der Waals surface area (Å²) in [6.45, 7) is 4.11. The SMILES string of the molecule is CCCNC(CSc1ccccc1)C1=CCCCO1. The van der Waals surface area contributed by atoms with Gasteiger partial charge in [-0.15, -0.1) is 11.8 Å². The molecule has 0 fully saturated rings. The van der Waals surface area contributed by atoms with Crippen molar-refractivity contribution in [3.63, 3.8) is 0 Å². The van der Waals surface area contributed by atoms with Gasteiger partial charge in [0.15, 0.2) is 0 Å². The van der Waals surface area contributed by atoms with E-state index < -0.39 is 0 Å². The fourth-order valence-electron chi connectivity index (χ4n) is 2.08. The molecule has 1 aliphatic rings. The molecule has 1 atom stereocenters. The molecule has 1 heterocycles. The average molecular weight is 277 g/mol. The molecule has 0 aromatic heterocycles. The maximum Gasteiger partial charge on any atom is 0.110 e. The fourth-order valence-corrected chi connectivity index (χ4v) is 3.07. The van der Waals surface area contributed by atoms with Crippen molar-refractivity contribution in [1.29, 1.82) is 0 Å². The number of hydrogen-bond donors (Lipinski definition) is 1. The first-order chi connectivity index (χ1) is 9.40. The molecule has 0 saturated heterocycles. The lowest BCUT2D eigenvalue weighted by Crippen LogP contribution is -2.35. The number of nitrogens with one attached hydrogen (secondary N) is 1. The maximum absolute atomic E-state index is 5.81. The predicted molar refractivity (Wildman–Crippen MR) is 82.5 cm³/mol. The van der Waals surface area contributed by atoms with Crippen LogP contribution in [0.4, 0.5) is 0 Å². The lowest BCUT2D eigenvalue weighted by atomic mass is 10.1. The quantitative estimate of drug-likeness (QED) is 0.765. The normalized spacial score (nSPS) is 16.6. The van der Waals surface area contributed by atoms with Crippen molar-refractivity contribution in [3.8, 4) is 0 Å². The second-order valence-corrected chi connectivity index (χ2v) is 5.82. The van der Waals surface area contributed by atoms with Crippen LogP contribution in [0.3, 0.4) is 0 Å². The van der Waals surface area contributed by atoms with Crippen LogP contribution in [0.15, 0.2) is 47.1 Å². The van der Waals surface area contributed by atoms with Crippen LogP contribution in [-0.2, 0) is 4.74 Å². The van der Waals surface area contributed by atoms with Crippen molar-refractivity contribution >= 4 is 11.8 Å². The van der Waals surface area contributed by atoms with Crippen molar-refractivity contribution in [2.24, 2.45) is 0 Å². The summed E-state index contributed by atoms with van der Waals surface area (Å²) in [6.07, 6.45) is 5.70. The highest BCUT2D eigenvalue weighted by Gasteiger charge is 2.17. The molecule has 0 aliphatic carbocycles. The summed E-state index contributed by atoms with van der Waals surface area (Å²) in [5.41, 5.74) is 0. The van der Waals surface area contributed by atoms with Gasteiger partial charge in [0, 0.05) is 10.6 Å². The van der Waals surface area contributed by atoms with E-state index in [9.17, 15) is 0 Å². The van der Waals surface area contributed by atoms with Gasteiger partial charge >= 0.3 is 0 Å². The molecule has 1 unspecified atom stereocenters.